The second kappa shape index (κ2) is 93.5. The fourth-order valence-corrected chi connectivity index (χ4v) is 6.39. The first kappa shape index (κ1) is 133. The quantitative estimate of drug-likeness (QED) is 0.178. The minimum atomic E-state index is -0.183. The monoisotopic (exact) mass is 1530 g/mol. The van der Waals surface area contributed by atoms with E-state index in [2.05, 4.69) is 93.6 Å². The SMILES string of the molecule is C=C1CC(=O)C(C)(C)C1.C=C1CCC(C)(C)C1.C=C1CCC(C)(C)O1.C=C1CCC(C)(C)O1.C=C1C[N-]C(C)(C)C1.CC.CC.CC.CC.CC.CC.CC1(C)CC(=O)CO1.F.F.F.FF.FF.FF.FF.FF.FF.FF.FF.FF.[Rf]. The molecule has 4 aliphatic heterocycles. The molecule has 28 heteroatoms. The van der Waals surface area contributed by atoms with Crippen LogP contribution in [0.3, 0.4) is 0 Å². The van der Waals surface area contributed by atoms with E-state index >= 15 is 0 Å². The summed E-state index contributed by atoms with van der Waals surface area (Å²) in [6.45, 7) is 69.3. The first-order valence-corrected chi connectivity index (χ1v) is 25.4. The molecular formula is C55H111F21NO5Rf-. The fourth-order valence-electron chi connectivity index (χ4n) is 6.39. The second-order valence-electron chi connectivity index (χ2n) is 18.6. The minimum absolute atomic E-state index is 0. The van der Waals surface area contributed by atoms with Gasteiger partial charge in [0, 0.05) is 113 Å². The van der Waals surface area contributed by atoms with Crippen molar-refractivity contribution >= 4 is 11.6 Å². The molecule has 2 aliphatic carbocycles. The number of ketones is 2. The van der Waals surface area contributed by atoms with E-state index in [1.165, 1.54) is 30.4 Å². The topological polar surface area (TPSA) is 75.9 Å². The number of allylic oxidation sites excluding steroid dienone is 4. The fraction of sp³-hybridized carbons (Fsp3) is 0.782. The number of nitrogens with zero attached hydrogens (tertiary/aromatic N) is 1. The number of Topliss-reactive ketones (excluding diaryl/α,β-unsaturated/α-hetero) is 2. The molecule has 83 heavy (non-hydrogen) atoms. The van der Waals surface area contributed by atoms with E-state index in [1.807, 2.05) is 111 Å². The summed E-state index contributed by atoms with van der Waals surface area (Å²) in [5, 5.41) is 4.35. The van der Waals surface area contributed by atoms with Crippen LogP contribution in [0.2, 0.25) is 0 Å². The molecule has 0 unspecified atom stereocenters. The van der Waals surface area contributed by atoms with Crippen molar-refractivity contribution in [2.75, 3.05) is 13.2 Å². The van der Waals surface area contributed by atoms with Crippen LogP contribution >= 0.6 is 0 Å². The average Bonchev–Trinajstić information content (AvgIpc) is 4.29. The van der Waals surface area contributed by atoms with E-state index in [4.69, 9.17) is 96.5 Å². The Morgan fingerprint density at radius 1 is 0.398 bits per heavy atom. The largest absolute Gasteiger partial charge is 0.653 e. The van der Waals surface area contributed by atoms with Crippen LogP contribution in [0.1, 0.15) is 237 Å². The smallest absolute Gasteiger partial charge is 0.161 e. The molecule has 0 spiro atoms. The summed E-state index contributed by atoms with van der Waals surface area (Å²) in [5.41, 5.74) is 4.39. The molecule has 0 aromatic carbocycles. The molecule has 6 rings (SSSR count). The molecule has 6 fully saturated rings. The summed E-state index contributed by atoms with van der Waals surface area (Å²) >= 11 is 0. The first-order chi connectivity index (χ1) is 37.0. The summed E-state index contributed by atoms with van der Waals surface area (Å²) in [4.78, 5) is 21.6. The zero-order chi connectivity index (χ0) is 68.1. The normalized spacial score (nSPS) is 16.4. The van der Waals surface area contributed by atoms with Gasteiger partial charge in [0.05, 0.1) is 17.1 Å². The zero-order valence-corrected chi connectivity index (χ0v) is 60.9. The maximum Gasteiger partial charge on any atom is 0.161 e. The van der Waals surface area contributed by atoms with Crippen LogP contribution in [0.15, 0.2) is 61.1 Å². The van der Waals surface area contributed by atoms with Crippen LogP contribution in [0.4, 0.5) is 96.4 Å². The van der Waals surface area contributed by atoms with Crippen LogP contribution in [0.5, 0.6) is 0 Å². The third-order valence-electron chi connectivity index (χ3n) is 9.25. The molecule has 6 nitrogen and oxygen atoms in total. The van der Waals surface area contributed by atoms with Gasteiger partial charge in [-0.05, 0) is 91.9 Å². The molecule has 0 atom stereocenters. The summed E-state index contributed by atoms with van der Waals surface area (Å²) in [7, 11) is 0. The van der Waals surface area contributed by atoms with Crippen molar-refractivity contribution in [2.24, 2.45) is 10.8 Å². The number of hydrogen-bond acceptors (Lipinski definition) is 5. The molecule has 4 saturated heterocycles. The maximum atomic E-state index is 11.0. The van der Waals surface area contributed by atoms with Gasteiger partial charge < -0.3 is 19.5 Å². The van der Waals surface area contributed by atoms with Crippen LogP contribution < -0.4 is 0 Å². The number of halogens is 21. The second-order valence-corrected chi connectivity index (χ2v) is 18.6. The Bertz CT molecular complexity index is 1130. The van der Waals surface area contributed by atoms with Crippen molar-refractivity contribution in [3.63, 3.8) is 0 Å². The van der Waals surface area contributed by atoms with Crippen LogP contribution in [-0.4, -0.2) is 47.1 Å². The number of rotatable bonds is 0. The van der Waals surface area contributed by atoms with Gasteiger partial charge in [-0.1, -0.05) is 168 Å². The van der Waals surface area contributed by atoms with Gasteiger partial charge in [0.25, 0.3) is 0 Å². The van der Waals surface area contributed by atoms with Crippen LogP contribution in [0.25, 0.3) is 5.32 Å². The van der Waals surface area contributed by atoms with Gasteiger partial charge in [0.15, 0.2) is 5.78 Å². The standard InChI is InChI=1S/C8H12O.C8H14.C7H12N.2C7H12O.C6H10O2.6C2H6.9F2.3FH.Rf/c1-6-4-7(9)8(2,3)5-6;1-7-4-5-8(2,3)6-7;1-6-4-7(2,3)8-5-6;2*1-6-4-5-7(2,3)8-6;1-6(2)3-5(7)4-8-6;15*1-2;;;;/h1,4-5H2,2-3H3;1,4-6H2,2-3H3;3*1,4-5H2,2-3H3;3-4H2,1-2H3;6*1-2H3;;;;;;;;;;3*1H;/q;;-1;;;;;;;;;;;;;;;;;;;;;;. The average molecular weight is 1530 g/mol. The van der Waals surface area contributed by atoms with Crippen molar-refractivity contribution in [1.29, 1.82) is 0 Å². The minimum Gasteiger partial charge on any atom is -0.653 e. The van der Waals surface area contributed by atoms with Gasteiger partial charge in [-0.25, -0.2) is 0 Å². The van der Waals surface area contributed by atoms with E-state index in [9.17, 15) is 9.59 Å². The van der Waals surface area contributed by atoms with Gasteiger partial charge in [0.2, 0.25) is 0 Å². The molecule has 0 N–H and O–H groups in total. The summed E-state index contributed by atoms with van der Waals surface area (Å²) in [5.74, 6) is 2.44. The van der Waals surface area contributed by atoms with Gasteiger partial charge >= 0.3 is 0 Å². The Balaban J connectivity index is -0.0000000316. The van der Waals surface area contributed by atoms with Crippen molar-refractivity contribution in [3.8, 4) is 0 Å². The number of ether oxygens (including phenoxy) is 3. The third kappa shape index (κ3) is 103. The van der Waals surface area contributed by atoms with E-state index < -0.39 is 0 Å². The Kier molecular flexibility index (Phi) is 150. The Hall–Kier alpha value is -4.91. The molecule has 0 amide bonds. The van der Waals surface area contributed by atoms with Crippen molar-refractivity contribution < 1.29 is 120 Å². The molecule has 0 radical (unpaired) electrons. The Labute approximate surface area is 480 Å². The summed E-state index contributed by atoms with van der Waals surface area (Å²) in [6.07, 6.45) is 11.3. The first-order valence-electron chi connectivity index (χ1n) is 25.4. The predicted molar refractivity (Wildman–Crippen MR) is 302 cm³/mol. The summed E-state index contributed by atoms with van der Waals surface area (Å²) < 4.78 is 160. The van der Waals surface area contributed by atoms with E-state index in [-0.39, 0.29) is 47.7 Å². The zero-order valence-electron chi connectivity index (χ0n) is 54.5. The van der Waals surface area contributed by atoms with Crippen molar-refractivity contribution in [2.45, 2.75) is 259 Å². The summed E-state index contributed by atoms with van der Waals surface area (Å²) in [6, 6.07) is 0. The Morgan fingerprint density at radius 2 is 0.699 bits per heavy atom. The molecule has 0 aromatic heterocycles. The van der Waals surface area contributed by atoms with Crippen molar-refractivity contribution in [3.05, 3.63) is 66.4 Å². The number of hydrogen-bond donors (Lipinski definition) is 0. The number of carbonyl (C=O) groups is 2. The van der Waals surface area contributed by atoms with Crippen LogP contribution in [0, 0.1) is 10.8 Å². The van der Waals surface area contributed by atoms with Crippen LogP contribution in [-0.2, 0) is 23.8 Å². The molecular weight excluding hydrogens is 1420 g/mol. The molecule has 0 bridgehead atoms. The van der Waals surface area contributed by atoms with Crippen molar-refractivity contribution in [1.82, 2.24) is 0 Å². The predicted octanol–water partition coefficient (Wildman–Crippen LogP) is 25.9. The number of carbonyl (C=O) groups excluding carboxylic acids is 2. The van der Waals surface area contributed by atoms with Gasteiger partial charge in [-0.3, -0.25) is 23.7 Å². The third-order valence-corrected chi connectivity index (χ3v) is 9.25. The molecule has 2 saturated carbocycles. The molecule has 0 aromatic rings. The molecule has 6 aliphatic rings. The van der Waals surface area contributed by atoms with E-state index in [0.717, 1.165) is 62.2 Å². The maximum absolute atomic E-state index is 11.0. The van der Waals surface area contributed by atoms with Gasteiger partial charge in [0.1, 0.15) is 23.6 Å². The molecule has 516 valence electrons. The van der Waals surface area contributed by atoms with Gasteiger partial charge in [-0.15, -0.1) is 18.7 Å². The Morgan fingerprint density at radius 3 is 0.759 bits per heavy atom. The van der Waals surface area contributed by atoms with E-state index in [0.29, 0.717) is 30.6 Å². The molecule has 4 heterocycles. The van der Waals surface area contributed by atoms with Gasteiger partial charge in [-0.2, -0.15) is 0 Å². The van der Waals surface area contributed by atoms with E-state index in [1.54, 1.807) is 0 Å².